The van der Waals surface area contributed by atoms with Gasteiger partial charge in [-0.2, -0.15) is 5.10 Å². The Hall–Kier alpha value is -2.70. The van der Waals surface area contributed by atoms with Crippen molar-refractivity contribution in [2.75, 3.05) is 6.54 Å². The lowest BCUT2D eigenvalue weighted by atomic mass is 10.0. The summed E-state index contributed by atoms with van der Waals surface area (Å²) in [5.41, 5.74) is 5.15. The topological polar surface area (TPSA) is 104 Å². The second-order valence-electron chi connectivity index (χ2n) is 9.50. The quantitative estimate of drug-likeness (QED) is 0.506. The lowest BCUT2D eigenvalue weighted by Gasteiger charge is -2.05. The maximum atomic E-state index is 9.87. The molecule has 0 radical (unpaired) electrons. The average Bonchev–Trinajstić information content (AvgIpc) is 2.89. The highest BCUT2D eigenvalue weighted by Gasteiger charge is 2.11. The highest BCUT2D eigenvalue weighted by Crippen LogP contribution is 2.23. The van der Waals surface area contributed by atoms with Crippen LogP contribution in [0.4, 0.5) is 4.79 Å². The Bertz CT molecular complexity index is 883. The number of hydrogen-bond acceptors (Lipinski definition) is 4. The molecule has 174 valence electrons. The maximum absolute atomic E-state index is 9.87. The second kappa shape index (κ2) is 12.9. The predicted molar refractivity (Wildman–Crippen MR) is 131 cm³/mol. The maximum Gasteiger partial charge on any atom is 0.404 e. The van der Waals surface area contributed by atoms with Gasteiger partial charge in [0.2, 0.25) is 0 Å². The standard InChI is InChI=1S/C13H16N4.C6H13NO2.C5H12/c1-5-10(7-14)11-6-12-13(8(2)15-11)9(3)17(4)16-12;1-5(2)3-4-7-6(8)9;1-5(2,3)4/h5-7,14H,1-4H3;5,7H,3-4H2,1-2H3,(H,8,9);1-4H3/b10-5+,14-7?;;. The van der Waals surface area contributed by atoms with Gasteiger partial charge >= 0.3 is 6.09 Å². The van der Waals surface area contributed by atoms with E-state index in [-0.39, 0.29) is 0 Å². The minimum absolute atomic E-state index is 0.500. The second-order valence-corrected chi connectivity index (χ2v) is 9.50. The Labute approximate surface area is 187 Å². The summed E-state index contributed by atoms with van der Waals surface area (Å²) in [4.78, 5) is 14.4. The Kier molecular flexibility index (Phi) is 11.8. The molecule has 3 N–H and O–H groups in total. The number of aromatic nitrogens is 3. The number of nitrogens with zero attached hydrogens (tertiary/aromatic N) is 3. The Morgan fingerprint density at radius 2 is 1.84 bits per heavy atom. The van der Waals surface area contributed by atoms with Crippen LogP contribution in [0.25, 0.3) is 16.5 Å². The molecule has 2 aromatic rings. The number of carbonyl (C=O) groups is 1. The van der Waals surface area contributed by atoms with Crippen molar-refractivity contribution in [2.45, 2.75) is 68.7 Å². The van der Waals surface area contributed by atoms with Crippen molar-refractivity contribution in [1.82, 2.24) is 20.1 Å². The molecular formula is C24H41N5O2. The van der Waals surface area contributed by atoms with Gasteiger partial charge in [0, 0.05) is 42.2 Å². The summed E-state index contributed by atoms with van der Waals surface area (Å²) in [5.74, 6) is 0.567. The molecule has 0 aromatic carbocycles. The van der Waals surface area contributed by atoms with Crippen LogP contribution in [0.3, 0.4) is 0 Å². The largest absolute Gasteiger partial charge is 0.465 e. The smallest absolute Gasteiger partial charge is 0.404 e. The molecule has 0 bridgehead atoms. The van der Waals surface area contributed by atoms with Crippen molar-refractivity contribution >= 4 is 28.8 Å². The first-order chi connectivity index (χ1) is 14.2. The highest BCUT2D eigenvalue weighted by atomic mass is 16.4. The molecule has 0 fully saturated rings. The van der Waals surface area contributed by atoms with Gasteiger partial charge in [-0.1, -0.05) is 47.6 Å². The number of pyridine rings is 1. The molecule has 7 nitrogen and oxygen atoms in total. The van der Waals surface area contributed by atoms with Crippen LogP contribution in [0.2, 0.25) is 0 Å². The summed E-state index contributed by atoms with van der Waals surface area (Å²) in [6, 6.07) is 1.94. The molecule has 0 aliphatic carbocycles. The normalized spacial score (nSPS) is 11.4. The number of amides is 1. The van der Waals surface area contributed by atoms with Crippen LogP contribution < -0.4 is 5.32 Å². The van der Waals surface area contributed by atoms with E-state index in [9.17, 15) is 4.79 Å². The molecule has 31 heavy (non-hydrogen) atoms. The van der Waals surface area contributed by atoms with Gasteiger partial charge in [0.05, 0.1) is 11.2 Å². The number of fused-ring (bicyclic) bond motifs is 1. The first-order valence-electron chi connectivity index (χ1n) is 10.7. The highest BCUT2D eigenvalue weighted by molar-refractivity contribution is 6.08. The molecule has 0 aliphatic rings. The van der Waals surface area contributed by atoms with Crippen LogP contribution in [0.1, 0.15) is 72.0 Å². The zero-order valence-electron chi connectivity index (χ0n) is 20.9. The van der Waals surface area contributed by atoms with Crippen LogP contribution in [0.5, 0.6) is 0 Å². The van der Waals surface area contributed by atoms with Crippen LogP contribution in [0, 0.1) is 30.6 Å². The fourth-order valence-corrected chi connectivity index (χ4v) is 2.50. The third-order valence-electron chi connectivity index (χ3n) is 4.04. The van der Waals surface area contributed by atoms with Crippen molar-refractivity contribution in [3.8, 4) is 0 Å². The summed E-state index contributed by atoms with van der Waals surface area (Å²) < 4.78 is 1.86. The number of nitrogens with one attached hydrogen (secondary N) is 2. The Balaban J connectivity index is 0.000000541. The van der Waals surface area contributed by atoms with Crippen molar-refractivity contribution in [3.63, 3.8) is 0 Å². The minimum atomic E-state index is -0.935. The predicted octanol–water partition coefficient (Wildman–Crippen LogP) is 5.99. The molecule has 7 heteroatoms. The summed E-state index contributed by atoms with van der Waals surface area (Å²) in [5, 5.41) is 23.3. The third kappa shape index (κ3) is 11.3. The summed E-state index contributed by atoms with van der Waals surface area (Å²) in [6.45, 7) is 19.4. The van der Waals surface area contributed by atoms with E-state index in [0.717, 1.165) is 40.0 Å². The molecule has 2 rings (SSSR count). The zero-order valence-corrected chi connectivity index (χ0v) is 20.9. The van der Waals surface area contributed by atoms with Gasteiger partial charge in [-0.15, -0.1) is 0 Å². The van der Waals surface area contributed by atoms with E-state index in [1.807, 2.05) is 44.6 Å². The van der Waals surface area contributed by atoms with Crippen LogP contribution in [0.15, 0.2) is 12.1 Å². The molecule has 0 unspecified atom stereocenters. The lowest BCUT2D eigenvalue weighted by molar-refractivity contribution is 0.194. The van der Waals surface area contributed by atoms with Gasteiger partial charge < -0.3 is 15.8 Å². The molecular weight excluding hydrogens is 390 g/mol. The van der Waals surface area contributed by atoms with Gasteiger partial charge in [-0.3, -0.25) is 9.67 Å². The molecule has 2 aromatic heterocycles. The van der Waals surface area contributed by atoms with Gasteiger partial charge in [0.25, 0.3) is 0 Å². The lowest BCUT2D eigenvalue weighted by Crippen LogP contribution is -2.22. The van der Waals surface area contributed by atoms with E-state index in [4.69, 9.17) is 10.5 Å². The molecule has 0 saturated heterocycles. The van der Waals surface area contributed by atoms with E-state index in [0.29, 0.717) is 17.9 Å². The van der Waals surface area contributed by atoms with Crippen LogP contribution in [-0.2, 0) is 7.05 Å². The fraction of sp³-hybridized carbons (Fsp3) is 0.583. The zero-order chi connectivity index (χ0) is 24.4. The van der Waals surface area contributed by atoms with E-state index in [1.54, 1.807) is 0 Å². The first kappa shape index (κ1) is 28.3. The monoisotopic (exact) mass is 431 g/mol. The van der Waals surface area contributed by atoms with Gasteiger partial charge in [0.1, 0.15) is 0 Å². The van der Waals surface area contributed by atoms with Gasteiger partial charge in [-0.25, -0.2) is 4.79 Å². The molecule has 2 heterocycles. The molecule has 0 atom stereocenters. The first-order valence-corrected chi connectivity index (χ1v) is 10.7. The van der Waals surface area contributed by atoms with Crippen molar-refractivity contribution in [1.29, 1.82) is 5.41 Å². The van der Waals surface area contributed by atoms with Crippen molar-refractivity contribution < 1.29 is 9.90 Å². The van der Waals surface area contributed by atoms with E-state index in [1.165, 1.54) is 6.21 Å². The molecule has 0 spiro atoms. The summed E-state index contributed by atoms with van der Waals surface area (Å²) in [6.07, 6.45) is 3.18. The molecule has 0 aliphatic heterocycles. The van der Waals surface area contributed by atoms with Crippen molar-refractivity contribution in [3.05, 3.63) is 29.2 Å². The SMILES string of the molecule is C/C=C(\C=N)c1cc2nn(C)c(C)c2c(C)n1.CC(C)(C)C.CC(C)CCNC(=O)O. The number of hydrogen-bond donors (Lipinski definition) is 3. The number of carboxylic acid groups (broad SMARTS) is 1. The van der Waals surface area contributed by atoms with Crippen LogP contribution in [-0.4, -0.2) is 38.7 Å². The third-order valence-corrected chi connectivity index (χ3v) is 4.04. The average molecular weight is 432 g/mol. The number of allylic oxidation sites excluding steroid dienone is 2. The van der Waals surface area contributed by atoms with Gasteiger partial charge in [-0.05, 0) is 44.6 Å². The number of aryl methyl sites for hydroxylation is 3. The number of rotatable bonds is 5. The van der Waals surface area contributed by atoms with E-state index in [2.05, 4.69) is 56.9 Å². The van der Waals surface area contributed by atoms with Crippen molar-refractivity contribution in [2.24, 2.45) is 18.4 Å². The van der Waals surface area contributed by atoms with Crippen LogP contribution >= 0.6 is 0 Å². The Morgan fingerprint density at radius 3 is 2.26 bits per heavy atom. The van der Waals surface area contributed by atoms with E-state index < -0.39 is 6.09 Å². The minimum Gasteiger partial charge on any atom is -0.465 e. The molecule has 0 saturated carbocycles. The summed E-state index contributed by atoms with van der Waals surface area (Å²) in [7, 11) is 1.93. The Morgan fingerprint density at radius 1 is 1.29 bits per heavy atom. The van der Waals surface area contributed by atoms with E-state index >= 15 is 0 Å². The summed E-state index contributed by atoms with van der Waals surface area (Å²) >= 11 is 0. The fourth-order valence-electron chi connectivity index (χ4n) is 2.50. The van der Waals surface area contributed by atoms with Gasteiger partial charge in [0.15, 0.2) is 0 Å². The molecule has 1 amide bonds.